The van der Waals surface area contributed by atoms with Crippen LogP contribution in [-0.2, 0) is 6.42 Å². The van der Waals surface area contributed by atoms with Crippen molar-refractivity contribution in [1.29, 1.82) is 0 Å². The van der Waals surface area contributed by atoms with Crippen LogP contribution in [0, 0.1) is 6.92 Å². The van der Waals surface area contributed by atoms with Crippen LogP contribution < -0.4 is 0 Å². The molecule has 14 heavy (non-hydrogen) atoms. The molecule has 0 spiro atoms. The first-order valence-electron chi connectivity index (χ1n) is 4.80. The van der Waals surface area contributed by atoms with Crippen molar-refractivity contribution in [3.05, 3.63) is 65.5 Å². The summed E-state index contributed by atoms with van der Waals surface area (Å²) in [5.74, 6) is 0. The first kappa shape index (κ1) is 8.95. The second kappa shape index (κ2) is 4.05. The Labute approximate surface area is 84.4 Å². The first-order chi connectivity index (χ1) is 6.84. The number of benzene rings is 1. The van der Waals surface area contributed by atoms with E-state index in [0.717, 1.165) is 12.1 Å². The SMILES string of the molecule is Cc1cc(Cc2ccccc2)ccn1. The third kappa shape index (κ3) is 2.19. The molecule has 1 aromatic carbocycles. The van der Waals surface area contributed by atoms with E-state index in [-0.39, 0.29) is 0 Å². The molecule has 0 aliphatic carbocycles. The van der Waals surface area contributed by atoms with Crippen LogP contribution in [0.4, 0.5) is 0 Å². The highest BCUT2D eigenvalue weighted by Crippen LogP contribution is 2.08. The maximum absolute atomic E-state index is 4.18. The van der Waals surface area contributed by atoms with Gasteiger partial charge in [0.1, 0.15) is 0 Å². The van der Waals surface area contributed by atoms with E-state index in [9.17, 15) is 0 Å². The Morgan fingerprint density at radius 2 is 1.79 bits per heavy atom. The summed E-state index contributed by atoms with van der Waals surface area (Å²) in [7, 11) is 0. The molecule has 0 atom stereocenters. The fourth-order valence-electron chi connectivity index (χ4n) is 1.55. The van der Waals surface area contributed by atoms with Crippen molar-refractivity contribution in [2.45, 2.75) is 13.3 Å². The number of pyridine rings is 1. The van der Waals surface area contributed by atoms with Crippen LogP contribution in [0.2, 0.25) is 0 Å². The summed E-state index contributed by atoms with van der Waals surface area (Å²) in [6.07, 6.45) is 2.86. The van der Waals surface area contributed by atoms with Crippen molar-refractivity contribution in [3.8, 4) is 0 Å². The molecule has 2 rings (SSSR count). The van der Waals surface area contributed by atoms with E-state index < -0.39 is 0 Å². The zero-order valence-corrected chi connectivity index (χ0v) is 8.27. The van der Waals surface area contributed by atoms with Gasteiger partial charge in [-0.05, 0) is 36.6 Å². The normalized spacial score (nSPS) is 10.1. The fraction of sp³-hybridized carbons (Fsp3) is 0.154. The molecule has 1 heteroatoms. The van der Waals surface area contributed by atoms with Crippen LogP contribution in [-0.4, -0.2) is 4.98 Å². The van der Waals surface area contributed by atoms with Crippen molar-refractivity contribution >= 4 is 0 Å². The van der Waals surface area contributed by atoms with Gasteiger partial charge in [-0.25, -0.2) is 0 Å². The monoisotopic (exact) mass is 183 g/mol. The Hall–Kier alpha value is -1.63. The van der Waals surface area contributed by atoms with Gasteiger partial charge in [0.25, 0.3) is 0 Å². The quantitative estimate of drug-likeness (QED) is 0.697. The molecule has 0 unspecified atom stereocenters. The molecule has 70 valence electrons. The molecule has 1 nitrogen and oxygen atoms in total. The lowest BCUT2D eigenvalue weighted by Gasteiger charge is -2.01. The fourth-order valence-corrected chi connectivity index (χ4v) is 1.55. The van der Waals surface area contributed by atoms with Gasteiger partial charge in [-0.1, -0.05) is 30.3 Å². The molecule has 2 aromatic rings. The Bertz CT molecular complexity index is 407. The third-order valence-electron chi connectivity index (χ3n) is 2.21. The summed E-state index contributed by atoms with van der Waals surface area (Å²) in [5, 5.41) is 0. The predicted molar refractivity (Wildman–Crippen MR) is 58.2 cm³/mol. The summed E-state index contributed by atoms with van der Waals surface area (Å²) < 4.78 is 0. The van der Waals surface area contributed by atoms with Crippen molar-refractivity contribution in [3.63, 3.8) is 0 Å². The smallest absolute Gasteiger partial charge is 0.0375 e. The lowest BCUT2D eigenvalue weighted by Crippen LogP contribution is -1.89. The summed E-state index contributed by atoms with van der Waals surface area (Å²) >= 11 is 0. The van der Waals surface area contributed by atoms with E-state index >= 15 is 0 Å². The molecule has 0 saturated carbocycles. The van der Waals surface area contributed by atoms with Gasteiger partial charge in [0.2, 0.25) is 0 Å². The van der Waals surface area contributed by atoms with Gasteiger partial charge in [-0.15, -0.1) is 0 Å². The van der Waals surface area contributed by atoms with Gasteiger partial charge in [0, 0.05) is 11.9 Å². The molecule has 1 aromatic heterocycles. The highest BCUT2D eigenvalue weighted by Gasteiger charge is 1.95. The Balaban J connectivity index is 2.19. The minimum Gasteiger partial charge on any atom is -0.262 e. The maximum atomic E-state index is 4.18. The highest BCUT2D eigenvalue weighted by molar-refractivity contribution is 5.25. The van der Waals surface area contributed by atoms with Crippen LogP contribution in [0.1, 0.15) is 16.8 Å². The van der Waals surface area contributed by atoms with Gasteiger partial charge in [-0.3, -0.25) is 4.98 Å². The summed E-state index contributed by atoms with van der Waals surface area (Å²) in [5.41, 5.74) is 3.75. The van der Waals surface area contributed by atoms with Crippen molar-refractivity contribution in [2.75, 3.05) is 0 Å². The topological polar surface area (TPSA) is 12.9 Å². The van der Waals surface area contributed by atoms with E-state index in [1.807, 2.05) is 19.2 Å². The predicted octanol–water partition coefficient (Wildman–Crippen LogP) is 2.98. The Kier molecular flexibility index (Phi) is 2.59. The zero-order chi connectivity index (χ0) is 9.80. The average molecular weight is 183 g/mol. The molecule has 0 bridgehead atoms. The van der Waals surface area contributed by atoms with E-state index in [1.54, 1.807) is 0 Å². The zero-order valence-electron chi connectivity index (χ0n) is 8.27. The number of aryl methyl sites for hydroxylation is 1. The van der Waals surface area contributed by atoms with Gasteiger partial charge in [0.15, 0.2) is 0 Å². The van der Waals surface area contributed by atoms with Gasteiger partial charge in [0.05, 0.1) is 0 Å². The molecule has 0 aliphatic rings. The van der Waals surface area contributed by atoms with Gasteiger partial charge >= 0.3 is 0 Å². The minimum atomic E-state index is 0.990. The standard InChI is InChI=1S/C13H13N/c1-11-9-13(7-8-14-11)10-12-5-3-2-4-6-12/h2-9H,10H2,1H3. The van der Waals surface area contributed by atoms with E-state index in [1.165, 1.54) is 11.1 Å². The summed E-state index contributed by atoms with van der Waals surface area (Å²) in [6.45, 7) is 2.02. The molecule has 0 aliphatic heterocycles. The van der Waals surface area contributed by atoms with Crippen molar-refractivity contribution in [1.82, 2.24) is 4.98 Å². The van der Waals surface area contributed by atoms with Gasteiger partial charge < -0.3 is 0 Å². The average Bonchev–Trinajstić information content (AvgIpc) is 2.19. The lowest BCUT2D eigenvalue weighted by molar-refractivity contribution is 1.12. The molecule has 0 saturated heterocycles. The Morgan fingerprint density at radius 1 is 1.00 bits per heavy atom. The molecule has 1 heterocycles. The molecular formula is C13H13N. The molecule has 0 N–H and O–H groups in total. The maximum Gasteiger partial charge on any atom is 0.0375 e. The largest absolute Gasteiger partial charge is 0.262 e. The summed E-state index contributed by atoms with van der Waals surface area (Å²) in [4.78, 5) is 4.18. The van der Waals surface area contributed by atoms with Crippen LogP contribution in [0.25, 0.3) is 0 Å². The number of aromatic nitrogens is 1. The van der Waals surface area contributed by atoms with Gasteiger partial charge in [-0.2, -0.15) is 0 Å². The molecule has 0 fully saturated rings. The highest BCUT2D eigenvalue weighted by atomic mass is 14.6. The first-order valence-corrected chi connectivity index (χ1v) is 4.80. The number of hydrogen-bond acceptors (Lipinski definition) is 1. The van der Waals surface area contributed by atoms with Crippen molar-refractivity contribution in [2.24, 2.45) is 0 Å². The summed E-state index contributed by atoms with van der Waals surface area (Å²) in [6, 6.07) is 14.7. The van der Waals surface area contributed by atoms with E-state index in [0.29, 0.717) is 0 Å². The number of hydrogen-bond donors (Lipinski definition) is 0. The molecular weight excluding hydrogens is 170 g/mol. The van der Waals surface area contributed by atoms with Crippen LogP contribution in [0.5, 0.6) is 0 Å². The van der Waals surface area contributed by atoms with E-state index in [4.69, 9.17) is 0 Å². The third-order valence-corrected chi connectivity index (χ3v) is 2.21. The lowest BCUT2D eigenvalue weighted by atomic mass is 10.1. The molecule has 0 amide bonds. The molecule has 0 radical (unpaired) electrons. The number of rotatable bonds is 2. The second-order valence-electron chi connectivity index (χ2n) is 3.47. The minimum absolute atomic E-state index is 0.990. The van der Waals surface area contributed by atoms with Crippen LogP contribution in [0.3, 0.4) is 0 Å². The van der Waals surface area contributed by atoms with E-state index in [2.05, 4.69) is 41.4 Å². The van der Waals surface area contributed by atoms with Crippen LogP contribution in [0.15, 0.2) is 48.7 Å². The van der Waals surface area contributed by atoms with Crippen LogP contribution >= 0.6 is 0 Å². The number of nitrogens with zero attached hydrogens (tertiary/aromatic N) is 1. The van der Waals surface area contributed by atoms with Crippen molar-refractivity contribution < 1.29 is 0 Å². The second-order valence-corrected chi connectivity index (χ2v) is 3.47. The Morgan fingerprint density at radius 3 is 2.50 bits per heavy atom.